The minimum absolute atomic E-state index is 0.210. The van der Waals surface area contributed by atoms with Crippen LogP contribution in [0.2, 0.25) is 0 Å². The van der Waals surface area contributed by atoms with Crippen LogP contribution in [0.5, 0.6) is 5.75 Å². The standard InChI is InChI=1S/C16H11FN2O3/c17-13-4-2-1-3-11(13)14-8-19(9-18-14)10-5-6-15(20)12(7-10)16(21)22/h1-9,20H,(H,21,22). The van der Waals surface area contributed by atoms with Crippen molar-refractivity contribution < 1.29 is 19.4 Å². The minimum atomic E-state index is -1.23. The molecule has 0 spiro atoms. The first-order valence-electron chi connectivity index (χ1n) is 6.42. The van der Waals surface area contributed by atoms with Crippen LogP contribution in [-0.2, 0) is 0 Å². The SMILES string of the molecule is O=C(O)c1cc(-n2cnc(-c3ccccc3F)c2)ccc1O. The van der Waals surface area contributed by atoms with E-state index in [-0.39, 0.29) is 17.1 Å². The molecule has 3 aromatic rings. The van der Waals surface area contributed by atoms with E-state index in [1.165, 1.54) is 24.5 Å². The average molecular weight is 298 g/mol. The van der Waals surface area contributed by atoms with Gasteiger partial charge >= 0.3 is 5.97 Å². The van der Waals surface area contributed by atoms with Crippen molar-refractivity contribution in [1.29, 1.82) is 0 Å². The molecule has 5 nitrogen and oxygen atoms in total. The molecule has 2 aromatic carbocycles. The summed E-state index contributed by atoms with van der Waals surface area (Å²) >= 11 is 0. The lowest BCUT2D eigenvalue weighted by Crippen LogP contribution is -1.99. The number of phenols is 1. The molecule has 0 radical (unpaired) electrons. The van der Waals surface area contributed by atoms with Crippen molar-refractivity contribution in [3.05, 3.63) is 66.4 Å². The molecule has 1 heterocycles. The van der Waals surface area contributed by atoms with Crippen LogP contribution in [0.15, 0.2) is 55.0 Å². The molecular weight excluding hydrogens is 287 g/mol. The fourth-order valence-electron chi connectivity index (χ4n) is 2.13. The van der Waals surface area contributed by atoms with Crippen molar-refractivity contribution in [3.63, 3.8) is 0 Å². The number of aromatic nitrogens is 2. The van der Waals surface area contributed by atoms with Gasteiger partial charge in [-0.2, -0.15) is 0 Å². The van der Waals surface area contributed by atoms with E-state index in [1.54, 1.807) is 35.0 Å². The monoisotopic (exact) mass is 298 g/mol. The van der Waals surface area contributed by atoms with E-state index < -0.39 is 5.97 Å². The summed E-state index contributed by atoms with van der Waals surface area (Å²) in [6.07, 6.45) is 3.05. The summed E-state index contributed by atoms with van der Waals surface area (Å²) in [5.41, 5.74) is 1.09. The molecule has 0 atom stereocenters. The van der Waals surface area contributed by atoms with Crippen molar-refractivity contribution in [2.75, 3.05) is 0 Å². The number of aromatic hydroxyl groups is 1. The van der Waals surface area contributed by atoms with E-state index in [1.807, 2.05) is 0 Å². The van der Waals surface area contributed by atoms with E-state index >= 15 is 0 Å². The Hall–Kier alpha value is -3.15. The summed E-state index contributed by atoms with van der Waals surface area (Å²) in [7, 11) is 0. The molecule has 0 aliphatic rings. The normalized spacial score (nSPS) is 10.6. The van der Waals surface area contributed by atoms with Crippen molar-refractivity contribution in [1.82, 2.24) is 9.55 Å². The highest BCUT2D eigenvalue weighted by Crippen LogP contribution is 2.24. The number of hydrogen-bond acceptors (Lipinski definition) is 3. The molecule has 0 aliphatic carbocycles. The molecule has 0 saturated carbocycles. The first kappa shape index (κ1) is 13.8. The number of carbonyl (C=O) groups is 1. The fourth-order valence-corrected chi connectivity index (χ4v) is 2.13. The lowest BCUT2D eigenvalue weighted by molar-refractivity contribution is 0.0693. The number of hydrogen-bond donors (Lipinski definition) is 2. The van der Waals surface area contributed by atoms with Gasteiger partial charge in [0.15, 0.2) is 0 Å². The lowest BCUT2D eigenvalue weighted by Gasteiger charge is -2.05. The second kappa shape index (κ2) is 5.33. The van der Waals surface area contributed by atoms with Gasteiger partial charge in [-0.3, -0.25) is 0 Å². The Bertz CT molecular complexity index is 858. The van der Waals surface area contributed by atoms with Gasteiger partial charge in [-0.05, 0) is 30.3 Å². The number of imidazole rings is 1. The number of carboxylic acids is 1. The summed E-state index contributed by atoms with van der Waals surface area (Å²) in [5.74, 6) is -1.93. The first-order valence-corrected chi connectivity index (χ1v) is 6.42. The van der Waals surface area contributed by atoms with Crippen LogP contribution in [0.4, 0.5) is 4.39 Å². The van der Waals surface area contributed by atoms with E-state index in [4.69, 9.17) is 5.11 Å². The fraction of sp³-hybridized carbons (Fsp3) is 0. The highest BCUT2D eigenvalue weighted by atomic mass is 19.1. The van der Waals surface area contributed by atoms with Gasteiger partial charge in [0, 0.05) is 17.4 Å². The Morgan fingerprint density at radius 1 is 1.18 bits per heavy atom. The van der Waals surface area contributed by atoms with Crippen LogP contribution in [-0.4, -0.2) is 25.7 Å². The molecule has 6 heteroatoms. The second-order valence-electron chi connectivity index (χ2n) is 4.65. The van der Waals surface area contributed by atoms with Gasteiger partial charge in [0.2, 0.25) is 0 Å². The van der Waals surface area contributed by atoms with Crippen molar-refractivity contribution in [2.24, 2.45) is 0 Å². The maximum absolute atomic E-state index is 13.7. The van der Waals surface area contributed by atoms with Crippen molar-refractivity contribution in [3.8, 4) is 22.7 Å². The molecule has 2 N–H and O–H groups in total. The number of halogens is 1. The zero-order valence-corrected chi connectivity index (χ0v) is 11.3. The Labute approximate surface area is 124 Å². The molecule has 0 bridgehead atoms. The van der Waals surface area contributed by atoms with E-state index in [0.29, 0.717) is 16.9 Å². The second-order valence-corrected chi connectivity index (χ2v) is 4.65. The molecular formula is C16H11FN2O3. The molecule has 3 rings (SSSR count). The zero-order valence-electron chi connectivity index (χ0n) is 11.3. The Balaban J connectivity index is 2.03. The van der Waals surface area contributed by atoms with Gasteiger partial charge in [0.1, 0.15) is 17.1 Å². The van der Waals surface area contributed by atoms with Crippen LogP contribution >= 0.6 is 0 Å². The average Bonchev–Trinajstić information content (AvgIpc) is 2.97. The topological polar surface area (TPSA) is 75.3 Å². The Kier molecular flexibility index (Phi) is 3.34. The smallest absolute Gasteiger partial charge is 0.339 e. The summed E-state index contributed by atoms with van der Waals surface area (Å²) in [4.78, 5) is 15.2. The van der Waals surface area contributed by atoms with Crippen LogP contribution in [0.3, 0.4) is 0 Å². The van der Waals surface area contributed by atoms with Gasteiger partial charge in [0.25, 0.3) is 0 Å². The molecule has 0 amide bonds. The summed E-state index contributed by atoms with van der Waals surface area (Å²) < 4.78 is 15.3. The van der Waals surface area contributed by atoms with Crippen LogP contribution in [0.1, 0.15) is 10.4 Å². The van der Waals surface area contributed by atoms with Gasteiger partial charge < -0.3 is 14.8 Å². The van der Waals surface area contributed by atoms with Gasteiger partial charge in [0.05, 0.1) is 12.0 Å². The molecule has 1 aromatic heterocycles. The molecule has 0 saturated heterocycles. The van der Waals surface area contributed by atoms with Crippen LogP contribution in [0, 0.1) is 5.82 Å². The molecule has 0 fully saturated rings. The minimum Gasteiger partial charge on any atom is -0.507 e. The third-order valence-corrected chi connectivity index (χ3v) is 3.24. The summed E-state index contributed by atoms with van der Waals surface area (Å²) in [6.45, 7) is 0. The maximum atomic E-state index is 13.7. The number of rotatable bonds is 3. The third-order valence-electron chi connectivity index (χ3n) is 3.24. The van der Waals surface area contributed by atoms with Gasteiger partial charge in [-0.15, -0.1) is 0 Å². The number of carboxylic acid groups (broad SMARTS) is 1. The highest BCUT2D eigenvalue weighted by Gasteiger charge is 2.12. The zero-order chi connectivity index (χ0) is 15.7. The van der Waals surface area contributed by atoms with Gasteiger partial charge in [-0.25, -0.2) is 14.2 Å². The number of nitrogens with zero attached hydrogens (tertiary/aromatic N) is 2. The lowest BCUT2D eigenvalue weighted by atomic mass is 10.1. The van der Waals surface area contributed by atoms with E-state index in [2.05, 4.69) is 4.98 Å². The quantitative estimate of drug-likeness (QED) is 0.779. The molecule has 0 aliphatic heterocycles. The Morgan fingerprint density at radius 2 is 1.95 bits per heavy atom. The van der Waals surface area contributed by atoms with Gasteiger partial charge in [-0.1, -0.05) is 12.1 Å². The van der Waals surface area contributed by atoms with Crippen LogP contribution in [0.25, 0.3) is 16.9 Å². The van der Waals surface area contributed by atoms with E-state index in [0.717, 1.165) is 0 Å². The Morgan fingerprint density at radius 3 is 2.68 bits per heavy atom. The largest absolute Gasteiger partial charge is 0.507 e. The molecule has 0 unspecified atom stereocenters. The highest BCUT2D eigenvalue weighted by molar-refractivity contribution is 5.91. The summed E-state index contributed by atoms with van der Waals surface area (Å²) in [6, 6.07) is 10.4. The van der Waals surface area contributed by atoms with E-state index in [9.17, 15) is 14.3 Å². The maximum Gasteiger partial charge on any atom is 0.339 e. The summed E-state index contributed by atoms with van der Waals surface area (Å²) in [5, 5.41) is 18.5. The van der Waals surface area contributed by atoms with Crippen LogP contribution < -0.4 is 0 Å². The number of aromatic carboxylic acids is 1. The predicted octanol–water partition coefficient (Wildman–Crippen LogP) is 3.08. The number of benzene rings is 2. The first-order chi connectivity index (χ1) is 10.6. The predicted molar refractivity (Wildman–Crippen MR) is 77.6 cm³/mol. The molecule has 22 heavy (non-hydrogen) atoms. The third kappa shape index (κ3) is 2.42. The van der Waals surface area contributed by atoms with Crippen molar-refractivity contribution in [2.45, 2.75) is 0 Å². The molecule has 110 valence electrons. The van der Waals surface area contributed by atoms with Crippen molar-refractivity contribution >= 4 is 5.97 Å².